The Morgan fingerprint density at radius 1 is 1.00 bits per heavy atom. The first-order chi connectivity index (χ1) is 11.5. The zero-order valence-corrected chi connectivity index (χ0v) is 13.4. The van der Waals surface area contributed by atoms with E-state index in [-0.39, 0.29) is 17.8 Å². The summed E-state index contributed by atoms with van der Waals surface area (Å²) in [5.41, 5.74) is 7.07. The minimum absolute atomic E-state index is 0.235. The summed E-state index contributed by atoms with van der Waals surface area (Å²) in [5, 5.41) is 2.32. The second kappa shape index (κ2) is 6.88. The molecule has 3 rings (SSSR count). The highest BCUT2D eigenvalue weighted by Crippen LogP contribution is 2.23. The first kappa shape index (κ1) is 16.3. The summed E-state index contributed by atoms with van der Waals surface area (Å²) in [7, 11) is 0. The second-order valence-corrected chi connectivity index (χ2v) is 6.00. The van der Waals surface area contributed by atoms with Crippen LogP contribution >= 0.6 is 0 Å². The first-order valence-electron chi connectivity index (χ1n) is 8.00. The van der Waals surface area contributed by atoms with Crippen molar-refractivity contribution in [2.75, 3.05) is 49.1 Å². The van der Waals surface area contributed by atoms with Crippen LogP contribution in [0.5, 0.6) is 0 Å². The fourth-order valence-corrected chi connectivity index (χ4v) is 3.04. The molecule has 0 bridgehead atoms. The van der Waals surface area contributed by atoms with Gasteiger partial charge in [-0.25, -0.2) is 4.79 Å². The number of hydrogen-bond donors (Lipinski definition) is 2. The summed E-state index contributed by atoms with van der Waals surface area (Å²) in [6.07, 6.45) is 0.315. The van der Waals surface area contributed by atoms with E-state index in [1.165, 1.54) is 0 Å². The number of primary amides is 1. The summed E-state index contributed by atoms with van der Waals surface area (Å²) >= 11 is 0. The van der Waals surface area contributed by atoms with Gasteiger partial charge in [0.25, 0.3) is 0 Å². The number of hydrogen-bond acceptors (Lipinski definition) is 5. The Bertz CT molecular complexity index is 638. The van der Waals surface area contributed by atoms with Crippen LogP contribution in [0.3, 0.4) is 0 Å². The van der Waals surface area contributed by atoms with Gasteiger partial charge in [-0.05, 0) is 24.3 Å². The van der Waals surface area contributed by atoms with Crippen LogP contribution in [0.25, 0.3) is 0 Å². The summed E-state index contributed by atoms with van der Waals surface area (Å²) in [6, 6.07) is 7.35. The quantitative estimate of drug-likeness (QED) is 0.792. The molecule has 3 N–H and O–H groups in total. The molecule has 24 heavy (non-hydrogen) atoms. The van der Waals surface area contributed by atoms with E-state index in [2.05, 4.69) is 10.2 Å². The highest BCUT2D eigenvalue weighted by molar-refractivity contribution is 6.05. The maximum absolute atomic E-state index is 11.9. The lowest BCUT2D eigenvalue weighted by atomic mass is 10.2. The molecule has 0 radical (unpaired) electrons. The van der Waals surface area contributed by atoms with Gasteiger partial charge in [-0.1, -0.05) is 0 Å². The molecule has 8 heteroatoms. The summed E-state index contributed by atoms with van der Waals surface area (Å²) in [4.78, 5) is 39.9. The zero-order valence-electron chi connectivity index (χ0n) is 13.4. The third-order valence-electron chi connectivity index (χ3n) is 4.33. The molecule has 0 aromatic heterocycles. The van der Waals surface area contributed by atoms with Gasteiger partial charge in [0, 0.05) is 50.5 Å². The lowest BCUT2D eigenvalue weighted by Gasteiger charge is -2.35. The van der Waals surface area contributed by atoms with E-state index in [1.54, 1.807) is 4.90 Å². The molecule has 2 aliphatic heterocycles. The van der Waals surface area contributed by atoms with Crippen LogP contribution in [-0.4, -0.2) is 62.0 Å². The fourth-order valence-electron chi connectivity index (χ4n) is 3.04. The number of anilines is 2. The molecule has 0 aliphatic carbocycles. The molecule has 128 valence electrons. The molecule has 1 aromatic carbocycles. The average Bonchev–Trinajstić information content (AvgIpc) is 2.55. The van der Waals surface area contributed by atoms with E-state index >= 15 is 0 Å². The molecule has 0 saturated carbocycles. The van der Waals surface area contributed by atoms with Crippen molar-refractivity contribution in [2.45, 2.75) is 6.42 Å². The van der Waals surface area contributed by atoms with Crippen molar-refractivity contribution in [1.82, 2.24) is 10.2 Å². The molecule has 0 spiro atoms. The normalized spacial score (nSPS) is 19.3. The Morgan fingerprint density at radius 3 is 2.21 bits per heavy atom. The van der Waals surface area contributed by atoms with Gasteiger partial charge in [0.15, 0.2) is 0 Å². The van der Waals surface area contributed by atoms with E-state index in [0.717, 1.165) is 37.6 Å². The van der Waals surface area contributed by atoms with Crippen molar-refractivity contribution in [3.63, 3.8) is 0 Å². The molecule has 8 nitrogen and oxygen atoms in total. The molecule has 2 fully saturated rings. The Labute approximate surface area is 140 Å². The molecule has 0 unspecified atom stereocenters. The number of carbonyl (C=O) groups excluding carboxylic acids is 3. The molecule has 4 amide bonds. The van der Waals surface area contributed by atoms with Crippen molar-refractivity contribution in [2.24, 2.45) is 5.73 Å². The van der Waals surface area contributed by atoms with Gasteiger partial charge in [0.2, 0.25) is 11.8 Å². The number of benzene rings is 1. The Hall–Kier alpha value is -2.61. The van der Waals surface area contributed by atoms with E-state index in [9.17, 15) is 14.4 Å². The SMILES string of the molecule is NC(=O)CN1CCN(c2ccc(N3CCC(=O)NC3=O)cc2)CC1. The number of amides is 4. The minimum Gasteiger partial charge on any atom is -0.369 e. The monoisotopic (exact) mass is 331 g/mol. The van der Waals surface area contributed by atoms with Gasteiger partial charge in [0.1, 0.15) is 0 Å². The molecule has 2 aliphatic rings. The molecular formula is C16H21N5O3. The topological polar surface area (TPSA) is 99.0 Å². The molecule has 2 heterocycles. The Morgan fingerprint density at radius 2 is 1.62 bits per heavy atom. The van der Waals surface area contributed by atoms with Crippen LogP contribution < -0.4 is 20.9 Å². The standard InChI is InChI=1S/C16H21N5O3/c17-14(22)11-19-7-9-20(10-8-19)12-1-3-13(4-2-12)21-6-5-15(23)18-16(21)24/h1-4H,5-11H2,(H2,17,22)(H,18,23,24). The van der Waals surface area contributed by atoms with Crippen LogP contribution in [0.1, 0.15) is 6.42 Å². The van der Waals surface area contributed by atoms with Gasteiger partial charge < -0.3 is 10.6 Å². The zero-order chi connectivity index (χ0) is 17.1. The number of nitrogens with two attached hydrogens (primary N) is 1. The van der Waals surface area contributed by atoms with Crippen molar-refractivity contribution in [1.29, 1.82) is 0 Å². The fraction of sp³-hybridized carbons (Fsp3) is 0.438. The van der Waals surface area contributed by atoms with Crippen LogP contribution in [0, 0.1) is 0 Å². The number of piperazine rings is 1. The van der Waals surface area contributed by atoms with Crippen LogP contribution in [-0.2, 0) is 9.59 Å². The predicted octanol–water partition coefficient (Wildman–Crippen LogP) is -0.260. The van der Waals surface area contributed by atoms with Crippen molar-refractivity contribution in [3.8, 4) is 0 Å². The highest BCUT2D eigenvalue weighted by Gasteiger charge is 2.24. The van der Waals surface area contributed by atoms with Gasteiger partial charge >= 0.3 is 6.03 Å². The smallest absolute Gasteiger partial charge is 0.328 e. The van der Waals surface area contributed by atoms with Crippen molar-refractivity contribution < 1.29 is 14.4 Å². The number of imide groups is 1. The van der Waals surface area contributed by atoms with Crippen molar-refractivity contribution >= 4 is 29.2 Å². The third-order valence-corrected chi connectivity index (χ3v) is 4.33. The molecular weight excluding hydrogens is 310 g/mol. The number of nitrogens with zero attached hydrogens (tertiary/aromatic N) is 3. The summed E-state index contributed by atoms with van der Waals surface area (Å²) < 4.78 is 0. The number of nitrogens with one attached hydrogen (secondary N) is 1. The summed E-state index contributed by atoms with van der Waals surface area (Å²) in [5.74, 6) is -0.534. The van der Waals surface area contributed by atoms with Gasteiger partial charge in [0.05, 0.1) is 6.54 Å². The minimum atomic E-state index is -0.376. The lowest BCUT2D eigenvalue weighted by molar-refractivity contribution is -0.120. The number of carbonyl (C=O) groups is 3. The first-order valence-corrected chi connectivity index (χ1v) is 8.00. The average molecular weight is 331 g/mol. The second-order valence-electron chi connectivity index (χ2n) is 6.00. The third kappa shape index (κ3) is 3.65. The van der Waals surface area contributed by atoms with E-state index in [0.29, 0.717) is 19.5 Å². The van der Waals surface area contributed by atoms with Crippen LogP contribution in [0.4, 0.5) is 16.2 Å². The maximum Gasteiger partial charge on any atom is 0.328 e. The van der Waals surface area contributed by atoms with E-state index < -0.39 is 0 Å². The lowest BCUT2D eigenvalue weighted by Crippen LogP contribution is -2.49. The van der Waals surface area contributed by atoms with Crippen molar-refractivity contribution in [3.05, 3.63) is 24.3 Å². The highest BCUT2D eigenvalue weighted by atomic mass is 16.2. The molecule has 0 atom stereocenters. The summed E-state index contributed by atoms with van der Waals surface area (Å²) in [6.45, 7) is 3.94. The van der Waals surface area contributed by atoms with Gasteiger partial charge in [-0.2, -0.15) is 0 Å². The van der Waals surface area contributed by atoms with E-state index in [4.69, 9.17) is 5.73 Å². The molecule has 1 aromatic rings. The maximum atomic E-state index is 11.9. The number of rotatable bonds is 4. The van der Waals surface area contributed by atoms with Gasteiger partial charge in [-0.3, -0.25) is 24.7 Å². The van der Waals surface area contributed by atoms with Gasteiger partial charge in [-0.15, -0.1) is 0 Å². The molecule has 2 saturated heterocycles. The Kier molecular flexibility index (Phi) is 4.66. The largest absolute Gasteiger partial charge is 0.369 e. The van der Waals surface area contributed by atoms with E-state index in [1.807, 2.05) is 29.2 Å². The number of urea groups is 1. The van der Waals surface area contributed by atoms with Crippen LogP contribution in [0.2, 0.25) is 0 Å². The van der Waals surface area contributed by atoms with Crippen LogP contribution in [0.15, 0.2) is 24.3 Å². The Balaban J connectivity index is 1.60. The predicted molar refractivity (Wildman–Crippen MR) is 89.8 cm³/mol.